The molecule has 1 amide bonds. The van der Waals surface area contributed by atoms with Gasteiger partial charge in [0.1, 0.15) is 0 Å². The molecule has 3 aromatic heterocycles. The number of rotatable bonds is 4. The van der Waals surface area contributed by atoms with E-state index >= 15 is 0 Å². The van der Waals surface area contributed by atoms with E-state index in [2.05, 4.69) is 20.2 Å². The molecule has 5 rings (SSSR count). The molecule has 1 fully saturated rings. The largest absolute Gasteiger partial charge is 0.425 e. The van der Waals surface area contributed by atoms with E-state index in [1.807, 2.05) is 59.1 Å². The highest BCUT2D eigenvalue weighted by molar-refractivity contribution is 5.94. The zero-order valence-corrected chi connectivity index (χ0v) is 16.9. The molecule has 8 heteroatoms. The molecule has 1 saturated carbocycles. The summed E-state index contributed by atoms with van der Waals surface area (Å²) in [6.45, 7) is 1.80. The van der Waals surface area contributed by atoms with Crippen LogP contribution in [0.1, 0.15) is 47.3 Å². The number of fused-ring (bicyclic) bond motifs is 1. The van der Waals surface area contributed by atoms with E-state index in [0.29, 0.717) is 23.1 Å². The van der Waals surface area contributed by atoms with Gasteiger partial charge in [-0.3, -0.25) is 9.20 Å². The third kappa shape index (κ3) is 3.34. The molecule has 0 radical (unpaired) electrons. The Kier molecular flexibility index (Phi) is 4.54. The molecule has 3 heterocycles. The van der Waals surface area contributed by atoms with Gasteiger partial charge >= 0.3 is 0 Å². The van der Waals surface area contributed by atoms with E-state index in [9.17, 15) is 4.79 Å². The molecule has 0 bridgehead atoms. The first-order valence-corrected chi connectivity index (χ1v) is 10.1. The molecular formula is C22H22N6O2. The van der Waals surface area contributed by atoms with Crippen molar-refractivity contribution in [3.05, 3.63) is 66.3 Å². The highest BCUT2D eigenvalue weighted by atomic mass is 16.4. The van der Waals surface area contributed by atoms with E-state index in [-0.39, 0.29) is 17.9 Å². The summed E-state index contributed by atoms with van der Waals surface area (Å²) in [6.07, 6.45) is 8.29. The second-order valence-corrected chi connectivity index (χ2v) is 7.77. The molecule has 0 aliphatic heterocycles. The summed E-state index contributed by atoms with van der Waals surface area (Å²) in [4.78, 5) is 23.6. The minimum absolute atomic E-state index is 0.0191. The smallest absolute Gasteiger partial charge is 0.253 e. The minimum Gasteiger partial charge on any atom is -0.425 e. The van der Waals surface area contributed by atoms with Crippen molar-refractivity contribution in [1.82, 2.24) is 29.5 Å². The highest BCUT2D eigenvalue weighted by Gasteiger charge is 2.33. The van der Waals surface area contributed by atoms with Gasteiger partial charge in [0.25, 0.3) is 5.91 Å². The minimum atomic E-state index is 0.0191. The molecule has 0 saturated heterocycles. The van der Waals surface area contributed by atoms with E-state index in [4.69, 9.17) is 4.42 Å². The predicted molar refractivity (Wildman–Crippen MR) is 110 cm³/mol. The van der Waals surface area contributed by atoms with E-state index in [0.717, 1.165) is 30.5 Å². The summed E-state index contributed by atoms with van der Waals surface area (Å²) < 4.78 is 7.46. The topological polar surface area (TPSA) is 89.4 Å². The van der Waals surface area contributed by atoms with Gasteiger partial charge in [0.05, 0.1) is 5.69 Å². The van der Waals surface area contributed by atoms with Crippen molar-refractivity contribution < 1.29 is 9.21 Å². The molecule has 30 heavy (non-hydrogen) atoms. The number of carbonyl (C=O) groups excluding carboxylic acids is 1. The molecular weight excluding hydrogens is 380 g/mol. The van der Waals surface area contributed by atoms with Crippen LogP contribution >= 0.6 is 0 Å². The van der Waals surface area contributed by atoms with Crippen molar-refractivity contribution >= 4 is 11.7 Å². The average Bonchev–Trinajstić information content (AvgIpc) is 3.51. The fourth-order valence-corrected chi connectivity index (χ4v) is 4.13. The Hall–Kier alpha value is -3.55. The fourth-order valence-electron chi connectivity index (χ4n) is 4.13. The molecule has 152 valence electrons. The number of nitrogens with zero attached hydrogens (tertiary/aromatic N) is 6. The Morgan fingerprint density at radius 2 is 2.03 bits per heavy atom. The Bertz CT molecular complexity index is 1160. The van der Waals surface area contributed by atoms with Gasteiger partial charge in [0.15, 0.2) is 0 Å². The van der Waals surface area contributed by atoms with Crippen molar-refractivity contribution in [2.45, 2.75) is 38.1 Å². The number of carbonyl (C=O) groups is 1. The lowest BCUT2D eigenvalue weighted by molar-refractivity contribution is 0.0733. The van der Waals surface area contributed by atoms with Gasteiger partial charge in [0.2, 0.25) is 17.6 Å². The lowest BCUT2D eigenvalue weighted by Crippen LogP contribution is -2.35. The average molecular weight is 402 g/mol. The lowest BCUT2D eigenvalue weighted by Gasteiger charge is -2.24. The van der Waals surface area contributed by atoms with Crippen molar-refractivity contribution in [3.63, 3.8) is 0 Å². The monoisotopic (exact) mass is 402 g/mol. The molecule has 0 spiro atoms. The van der Waals surface area contributed by atoms with Gasteiger partial charge in [-0.25, -0.2) is 9.97 Å². The summed E-state index contributed by atoms with van der Waals surface area (Å²) in [5, 5.41) is 8.07. The van der Waals surface area contributed by atoms with Gasteiger partial charge < -0.3 is 9.32 Å². The molecule has 1 aromatic carbocycles. The van der Waals surface area contributed by atoms with Crippen molar-refractivity contribution in [2.75, 3.05) is 7.05 Å². The first-order chi connectivity index (χ1) is 14.6. The van der Waals surface area contributed by atoms with Crippen LogP contribution in [0.3, 0.4) is 0 Å². The van der Waals surface area contributed by atoms with Crippen molar-refractivity contribution in [1.29, 1.82) is 0 Å². The lowest BCUT2D eigenvalue weighted by atomic mass is 10.1. The van der Waals surface area contributed by atoms with Gasteiger partial charge in [-0.15, -0.1) is 10.2 Å². The summed E-state index contributed by atoms with van der Waals surface area (Å²) in [5.41, 5.74) is 2.45. The summed E-state index contributed by atoms with van der Waals surface area (Å²) in [5.74, 6) is 2.16. The van der Waals surface area contributed by atoms with E-state index < -0.39 is 0 Å². The highest BCUT2D eigenvalue weighted by Crippen LogP contribution is 2.36. The third-order valence-corrected chi connectivity index (χ3v) is 5.83. The Labute approximate surface area is 173 Å². The van der Waals surface area contributed by atoms with E-state index in [1.54, 1.807) is 13.1 Å². The van der Waals surface area contributed by atoms with Crippen LogP contribution in [-0.4, -0.2) is 48.5 Å². The van der Waals surface area contributed by atoms with Gasteiger partial charge in [-0.1, -0.05) is 12.1 Å². The van der Waals surface area contributed by atoms with Gasteiger partial charge in [0, 0.05) is 55.6 Å². The zero-order chi connectivity index (χ0) is 20.7. The quantitative estimate of drug-likeness (QED) is 0.519. The van der Waals surface area contributed by atoms with E-state index in [1.165, 1.54) is 0 Å². The number of amides is 1. The number of hydrogen-bond donors (Lipinski definition) is 0. The van der Waals surface area contributed by atoms with Gasteiger partial charge in [-0.2, -0.15) is 0 Å². The molecule has 1 aliphatic carbocycles. The predicted octanol–water partition coefficient (Wildman–Crippen LogP) is 3.50. The van der Waals surface area contributed by atoms with Crippen LogP contribution in [0.15, 0.2) is 53.3 Å². The van der Waals surface area contributed by atoms with Crippen LogP contribution in [0.5, 0.6) is 0 Å². The van der Waals surface area contributed by atoms with Crippen LogP contribution in [0, 0.1) is 6.92 Å². The van der Waals surface area contributed by atoms with Crippen molar-refractivity contribution in [2.24, 2.45) is 0 Å². The van der Waals surface area contributed by atoms with Crippen LogP contribution in [-0.2, 0) is 0 Å². The maximum atomic E-state index is 13.0. The summed E-state index contributed by atoms with van der Waals surface area (Å²) in [6, 6.07) is 9.62. The van der Waals surface area contributed by atoms with Crippen LogP contribution in [0.4, 0.5) is 0 Å². The second kappa shape index (κ2) is 7.37. The van der Waals surface area contributed by atoms with Crippen molar-refractivity contribution in [3.8, 4) is 11.3 Å². The van der Waals surface area contributed by atoms with Crippen LogP contribution in [0.2, 0.25) is 0 Å². The molecule has 8 nitrogen and oxygen atoms in total. The third-order valence-electron chi connectivity index (χ3n) is 5.83. The summed E-state index contributed by atoms with van der Waals surface area (Å²) >= 11 is 0. The van der Waals surface area contributed by atoms with Crippen LogP contribution < -0.4 is 0 Å². The molecule has 4 aromatic rings. The first kappa shape index (κ1) is 18.5. The number of benzene rings is 1. The van der Waals surface area contributed by atoms with Gasteiger partial charge in [-0.05, 0) is 37.5 Å². The fraction of sp³-hybridized carbons (Fsp3) is 0.318. The number of aromatic nitrogens is 5. The number of hydrogen-bond acceptors (Lipinski definition) is 6. The Morgan fingerprint density at radius 1 is 1.20 bits per heavy atom. The molecule has 2 unspecified atom stereocenters. The Morgan fingerprint density at radius 3 is 2.77 bits per heavy atom. The Balaban J connectivity index is 1.29. The molecule has 1 aliphatic rings. The zero-order valence-electron chi connectivity index (χ0n) is 16.9. The molecule has 0 N–H and O–H groups in total. The maximum absolute atomic E-state index is 13.0. The number of imidazole rings is 1. The SMILES string of the molecule is Cc1nnc(C2CCC(N(C)C(=O)c3ccc(-c4cn5cccnc5n4)cc3)C2)o1. The number of aryl methyl sites for hydroxylation is 1. The maximum Gasteiger partial charge on any atom is 0.253 e. The first-order valence-electron chi connectivity index (χ1n) is 10.1. The molecule has 2 atom stereocenters. The van der Waals surface area contributed by atoms with Crippen LogP contribution in [0.25, 0.3) is 17.0 Å². The normalized spacial score (nSPS) is 18.7. The standard InChI is InChI=1S/C22H22N6O2/c1-14-25-26-20(30-14)17-8-9-18(12-17)27(2)21(29)16-6-4-15(5-7-16)19-13-28-11-3-10-23-22(28)24-19/h3-7,10-11,13,17-18H,8-9,12H2,1-2H3. The second-order valence-electron chi connectivity index (χ2n) is 7.77. The summed E-state index contributed by atoms with van der Waals surface area (Å²) in [7, 11) is 1.87.